The molecule has 0 saturated heterocycles. The second-order valence-corrected chi connectivity index (χ2v) is 8.10. The Morgan fingerprint density at radius 1 is 1.24 bits per heavy atom. The van der Waals surface area contributed by atoms with Crippen LogP contribution >= 0.6 is 0 Å². The second-order valence-electron chi connectivity index (χ2n) is 8.10. The normalized spacial score (nSPS) is 15.4. The lowest BCUT2D eigenvalue weighted by molar-refractivity contribution is -0.139. The number of carbonyl (C=O) groups excluding carboxylic acids is 1. The second kappa shape index (κ2) is 11.2. The van der Waals surface area contributed by atoms with Gasteiger partial charge >= 0.3 is 5.97 Å². The summed E-state index contributed by atoms with van der Waals surface area (Å²) in [5.74, 6) is -1.09. The van der Waals surface area contributed by atoms with Crippen LogP contribution in [0.1, 0.15) is 49.8 Å². The zero-order chi connectivity index (χ0) is 24.7. The number of hydrogen-bond acceptors (Lipinski definition) is 4. The molecular weight excluding hydrogens is 410 g/mol. The first-order valence-electron chi connectivity index (χ1n) is 10.8. The maximum absolute atomic E-state index is 13.4. The highest BCUT2D eigenvalue weighted by atomic mass is 16.5. The molecule has 1 aromatic rings. The fraction of sp³-hybridized carbons (Fsp3) is 0.241. The molecule has 0 heterocycles. The van der Waals surface area contributed by atoms with Crippen LogP contribution in [0.5, 0.6) is 0 Å². The molecule has 0 unspecified atom stereocenters. The molecular formula is C29H31NO3. The fourth-order valence-corrected chi connectivity index (χ4v) is 3.90. The Morgan fingerprint density at radius 3 is 2.52 bits per heavy atom. The van der Waals surface area contributed by atoms with E-state index in [1.807, 2.05) is 32.9 Å². The summed E-state index contributed by atoms with van der Waals surface area (Å²) in [5, 5.41) is 20.5. The Kier molecular flexibility index (Phi) is 8.59. The van der Waals surface area contributed by atoms with Crippen molar-refractivity contribution < 1.29 is 14.6 Å². The third-order valence-corrected chi connectivity index (χ3v) is 5.79. The maximum Gasteiger partial charge on any atom is 0.335 e. The number of nitriles is 1. The molecule has 1 aliphatic rings. The molecule has 0 saturated carbocycles. The van der Waals surface area contributed by atoms with E-state index in [0.717, 1.165) is 22.3 Å². The predicted molar refractivity (Wildman–Crippen MR) is 134 cm³/mol. The monoisotopic (exact) mass is 441 g/mol. The highest BCUT2D eigenvalue weighted by Crippen LogP contribution is 2.43. The zero-order valence-electron chi connectivity index (χ0n) is 19.9. The number of nitrogens with zero attached hydrogens (tertiary/aromatic N) is 1. The maximum atomic E-state index is 13.4. The fourth-order valence-electron chi connectivity index (χ4n) is 3.90. The van der Waals surface area contributed by atoms with Crippen LogP contribution in [0.15, 0.2) is 101 Å². The average molecular weight is 442 g/mol. The van der Waals surface area contributed by atoms with Crippen molar-refractivity contribution in [3.63, 3.8) is 0 Å². The number of carbonyl (C=O) groups is 1. The smallest absolute Gasteiger partial charge is 0.335 e. The van der Waals surface area contributed by atoms with E-state index in [4.69, 9.17) is 4.74 Å². The molecule has 2 rings (SSSR count). The number of aliphatic hydroxyl groups is 1. The van der Waals surface area contributed by atoms with Gasteiger partial charge < -0.3 is 9.84 Å². The minimum Gasteiger partial charge on any atom is -0.508 e. The molecule has 1 N–H and O–H groups in total. The number of ether oxygens (including phenoxy) is 1. The molecule has 0 amide bonds. The molecule has 0 spiro atoms. The summed E-state index contributed by atoms with van der Waals surface area (Å²) < 4.78 is 5.57. The summed E-state index contributed by atoms with van der Waals surface area (Å²) in [5.41, 5.74) is 6.19. The third kappa shape index (κ3) is 5.70. The van der Waals surface area contributed by atoms with Gasteiger partial charge in [0.1, 0.15) is 5.76 Å². The van der Waals surface area contributed by atoms with Gasteiger partial charge in [0.25, 0.3) is 0 Å². The minimum absolute atomic E-state index is 0.0348. The number of aryl methyl sites for hydroxylation is 1. The van der Waals surface area contributed by atoms with Crippen LogP contribution in [0.2, 0.25) is 0 Å². The zero-order valence-corrected chi connectivity index (χ0v) is 19.9. The Labute approximate surface area is 196 Å². The molecule has 0 bridgehead atoms. The average Bonchev–Trinajstić information content (AvgIpc) is 2.86. The highest BCUT2D eigenvalue weighted by molar-refractivity contribution is 5.93. The third-order valence-electron chi connectivity index (χ3n) is 5.79. The molecule has 4 heteroatoms. The van der Waals surface area contributed by atoms with E-state index in [1.165, 1.54) is 0 Å². The van der Waals surface area contributed by atoms with Gasteiger partial charge in [-0.05, 0) is 85.7 Å². The first-order chi connectivity index (χ1) is 15.7. The lowest BCUT2D eigenvalue weighted by Gasteiger charge is -2.27. The molecule has 33 heavy (non-hydrogen) atoms. The molecule has 4 nitrogen and oxygen atoms in total. The van der Waals surface area contributed by atoms with E-state index >= 15 is 0 Å². The number of hydrogen-bond donors (Lipinski definition) is 1. The Balaban J connectivity index is 2.91. The SMILES string of the molecule is C=CCCOC(=O)/C(=C(\C)C=C)[C@H](C1=C(C)C(C)=CC(=C)C=C1O)c1ccc(C#N)cc1C. The molecule has 0 aromatic heterocycles. The van der Waals surface area contributed by atoms with Crippen molar-refractivity contribution in [2.45, 2.75) is 40.0 Å². The largest absolute Gasteiger partial charge is 0.508 e. The number of allylic oxidation sites excluding steroid dienone is 8. The van der Waals surface area contributed by atoms with Crippen LogP contribution < -0.4 is 0 Å². The van der Waals surface area contributed by atoms with E-state index in [-0.39, 0.29) is 12.4 Å². The van der Waals surface area contributed by atoms with Gasteiger partial charge in [0.15, 0.2) is 0 Å². The van der Waals surface area contributed by atoms with Gasteiger partial charge in [-0.2, -0.15) is 5.26 Å². The molecule has 0 aliphatic heterocycles. The van der Waals surface area contributed by atoms with Crippen LogP contribution in [-0.2, 0) is 9.53 Å². The molecule has 0 fully saturated rings. The number of benzene rings is 1. The molecule has 170 valence electrons. The van der Waals surface area contributed by atoms with Crippen molar-refractivity contribution in [1.29, 1.82) is 5.26 Å². The predicted octanol–water partition coefficient (Wildman–Crippen LogP) is 6.85. The summed E-state index contributed by atoms with van der Waals surface area (Å²) in [6, 6.07) is 7.48. The lowest BCUT2D eigenvalue weighted by Crippen LogP contribution is -2.21. The van der Waals surface area contributed by atoms with Crippen LogP contribution in [0, 0.1) is 18.3 Å². The minimum atomic E-state index is -0.641. The Hall–Kier alpha value is -3.84. The summed E-state index contributed by atoms with van der Waals surface area (Å²) in [6.45, 7) is 19.3. The summed E-state index contributed by atoms with van der Waals surface area (Å²) in [6.07, 6.45) is 7.33. The van der Waals surface area contributed by atoms with Gasteiger partial charge in [0, 0.05) is 11.5 Å². The van der Waals surface area contributed by atoms with Crippen molar-refractivity contribution in [2.24, 2.45) is 0 Å². The first-order valence-corrected chi connectivity index (χ1v) is 10.8. The Morgan fingerprint density at radius 2 is 1.94 bits per heavy atom. The summed E-state index contributed by atoms with van der Waals surface area (Å²) in [7, 11) is 0. The van der Waals surface area contributed by atoms with Gasteiger partial charge in [0.2, 0.25) is 0 Å². The molecule has 1 atom stereocenters. The lowest BCUT2D eigenvalue weighted by atomic mass is 9.77. The van der Waals surface area contributed by atoms with Crippen LogP contribution in [0.4, 0.5) is 0 Å². The van der Waals surface area contributed by atoms with E-state index in [1.54, 1.807) is 37.3 Å². The standard InChI is InChI=1S/C29H31NO3/c1-8-10-13-33-29(32)26(19(4)9-2)28(24-12-11-23(17-30)16-21(24)6)27-22(7)20(5)14-18(3)15-25(27)31/h8-9,11-12,14-16,28,31H,1-3,10,13H2,4-7H3/b26-19+/t28-/m1/s1. The van der Waals surface area contributed by atoms with Crippen molar-refractivity contribution in [3.05, 3.63) is 118 Å². The number of esters is 1. The van der Waals surface area contributed by atoms with Crippen molar-refractivity contribution >= 4 is 5.97 Å². The molecule has 0 radical (unpaired) electrons. The van der Waals surface area contributed by atoms with E-state index in [9.17, 15) is 15.2 Å². The quantitative estimate of drug-likeness (QED) is 0.157. The van der Waals surface area contributed by atoms with Gasteiger partial charge in [0.05, 0.1) is 23.8 Å². The Bertz CT molecular complexity index is 1170. The van der Waals surface area contributed by atoms with Crippen LogP contribution in [0.3, 0.4) is 0 Å². The topological polar surface area (TPSA) is 70.3 Å². The van der Waals surface area contributed by atoms with Crippen molar-refractivity contribution in [1.82, 2.24) is 0 Å². The first kappa shape index (κ1) is 25.4. The van der Waals surface area contributed by atoms with Gasteiger partial charge in [-0.25, -0.2) is 4.79 Å². The number of aliphatic hydroxyl groups excluding tert-OH is 1. The summed E-state index contributed by atoms with van der Waals surface area (Å²) >= 11 is 0. The molecule has 1 aliphatic carbocycles. The number of rotatable bonds is 8. The summed E-state index contributed by atoms with van der Waals surface area (Å²) in [4.78, 5) is 13.4. The molecule has 1 aromatic carbocycles. The van der Waals surface area contributed by atoms with Gasteiger partial charge in [-0.15, -0.1) is 6.58 Å². The van der Waals surface area contributed by atoms with Crippen molar-refractivity contribution in [2.75, 3.05) is 6.61 Å². The van der Waals surface area contributed by atoms with Crippen LogP contribution in [0.25, 0.3) is 0 Å². The van der Waals surface area contributed by atoms with E-state index in [2.05, 4.69) is 25.8 Å². The van der Waals surface area contributed by atoms with E-state index < -0.39 is 11.9 Å². The van der Waals surface area contributed by atoms with Gasteiger partial charge in [-0.1, -0.05) is 37.5 Å². The highest BCUT2D eigenvalue weighted by Gasteiger charge is 2.33. The van der Waals surface area contributed by atoms with Crippen LogP contribution in [-0.4, -0.2) is 17.7 Å². The van der Waals surface area contributed by atoms with E-state index in [0.29, 0.717) is 34.3 Å². The van der Waals surface area contributed by atoms with Gasteiger partial charge in [-0.3, -0.25) is 0 Å². The van der Waals surface area contributed by atoms with Crippen molar-refractivity contribution in [3.8, 4) is 6.07 Å².